The van der Waals surface area contributed by atoms with Crippen molar-refractivity contribution in [3.8, 4) is 0 Å². The predicted molar refractivity (Wildman–Crippen MR) is 86.9 cm³/mol. The lowest BCUT2D eigenvalue weighted by Gasteiger charge is -2.12. The lowest BCUT2D eigenvalue weighted by Crippen LogP contribution is -2.07. The molecule has 0 saturated heterocycles. The summed E-state index contributed by atoms with van der Waals surface area (Å²) in [7, 11) is 0. The Kier molecular flexibility index (Phi) is 3.56. The first-order valence-corrected chi connectivity index (χ1v) is 8.88. The maximum Gasteiger partial charge on any atom is 0.0807 e. The van der Waals surface area contributed by atoms with E-state index >= 15 is 0 Å². The van der Waals surface area contributed by atoms with Gasteiger partial charge in [0.15, 0.2) is 0 Å². The van der Waals surface area contributed by atoms with Gasteiger partial charge in [-0.3, -0.25) is 0 Å². The second-order valence-corrected chi connectivity index (χ2v) is 7.30. The van der Waals surface area contributed by atoms with Gasteiger partial charge in [-0.15, -0.1) is 11.8 Å². The molecule has 1 aromatic carbocycles. The van der Waals surface area contributed by atoms with Gasteiger partial charge in [-0.25, -0.2) is 0 Å². The first kappa shape index (κ1) is 13.5. The summed E-state index contributed by atoms with van der Waals surface area (Å²) in [5, 5.41) is 10.3. The van der Waals surface area contributed by atoms with E-state index in [1.807, 2.05) is 11.8 Å². The molecule has 2 heterocycles. The van der Waals surface area contributed by atoms with Crippen molar-refractivity contribution in [1.29, 1.82) is 0 Å². The van der Waals surface area contributed by atoms with Gasteiger partial charge in [0.1, 0.15) is 0 Å². The summed E-state index contributed by atoms with van der Waals surface area (Å²) >= 11 is 1.97. The lowest BCUT2D eigenvalue weighted by molar-refractivity contribution is 0.166. The first-order chi connectivity index (χ1) is 10.3. The first-order valence-electron chi connectivity index (χ1n) is 7.89. The molecule has 1 aliphatic heterocycles. The van der Waals surface area contributed by atoms with Crippen molar-refractivity contribution in [2.75, 3.05) is 5.75 Å². The quantitative estimate of drug-likeness (QED) is 0.843. The van der Waals surface area contributed by atoms with Crippen molar-refractivity contribution in [3.63, 3.8) is 0 Å². The van der Waals surface area contributed by atoms with Gasteiger partial charge in [-0.1, -0.05) is 24.6 Å². The molecule has 0 spiro atoms. The average molecular weight is 299 g/mol. The van der Waals surface area contributed by atoms with E-state index in [2.05, 4.69) is 41.2 Å². The number of aliphatic hydroxyl groups is 1. The van der Waals surface area contributed by atoms with Crippen LogP contribution in [0.3, 0.4) is 0 Å². The minimum atomic E-state index is -0.256. The molecule has 1 aromatic heterocycles. The number of hydrogen-bond acceptors (Lipinski definition) is 2. The Morgan fingerprint density at radius 2 is 2.05 bits per heavy atom. The van der Waals surface area contributed by atoms with Crippen molar-refractivity contribution in [3.05, 3.63) is 53.3 Å². The maximum atomic E-state index is 10.3. The van der Waals surface area contributed by atoms with E-state index in [-0.39, 0.29) is 6.10 Å². The van der Waals surface area contributed by atoms with E-state index in [9.17, 15) is 5.11 Å². The van der Waals surface area contributed by atoms with Gasteiger partial charge in [0.25, 0.3) is 0 Å². The van der Waals surface area contributed by atoms with Crippen LogP contribution >= 0.6 is 11.8 Å². The van der Waals surface area contributed by atoms with Crippen LogP contribution in [0, 0.1) is 0 Å². The average Bonchev–Trinajstić information content (AvgIpc) is 3.05. The van der Waals surface area contributed by atoms with Crippen LogP contribution in [0.25, 0.3) is 0 Å². The zero-order chi connectivity index (χ0) is 14.2. The van der Waals surface area contributed by atoms with Gasteiger partial charge in [-0.2, -0.15) is 0 Å². The number of rotatable bonds is 2. The Bertz CT molecular complexity index is 648. The number of fused-ring (bicyclic) bond motifs is 2. The van der Waals surface area contributed by atoms with E-state index in [0.29, 0.717) is 5.92 Å². The summed E-state index contributed by atoms with van der Waals surface area (Å²) in [6.07, 6.45) is 8.59. The molecular weight excluding hydrogens is 278 g/mol. The number of aromatic nitrogens is 1. The molecule has 2 atom stereocenters. The van der Waals surface area contributed by atoms with Crippen LogP contribution in [-0.2, 0) is 13.0 Å². The van der Waals surface area contributed by atoms with Gasteiger partial charge in [0.05, 0.1) is 6.10 Å². The van der Waals surface area contributed by atoms with Crippen molar-refractivity contribution in [1.82, 2.24) is 4.57 Å². The second kappa shape index (κ2) is 5.54. The molecule has 2 aromatic rings. The minimum Gasteiger partial charge on any atom is -0.388 e. The third-order valence-corrected chi connectivity index (χ3v) is 6.01. The summed E-state index contributed by atoms with van der Waals surface area (Å²) in [6.45, 7) is 1.03. The SMILES string of the molecule is OC1CCCCc2cn(CC3CSc4ccccc43)cc21. The molecule has 0 bridgehead atoms. The molecule has 0 radical (unpaired) electrons. The molecule has 0 saturated carbocycles. The molecule has 4 rings (SSSR count). The minimum absolute atomic E-state index is 0.256. The summed E-state index contributed by atoms with van der Waals surface area (Å²) in [4.78, 5) is 1.44. The van der Waals surface area contributed by atoms with Crippen LogP contribution in [0.4, 0.5) is 0 Å². The molecule has 1 aliphatic carbocycles. The lowest BCUT2D eigenvalue weighted by atomic mass is 10.0. The summed E-state index contributed by atoms with van der Waals surface area (Å²) in [5.41, 5.74) is 4.03. The summed E-state index contributed by atoms with van der Waals surface area (Å²) in [5.74, 6) is 1.77. The molecule has 2 aliphatic rings. The van der Waals surface area contributed by atoms with Crippen molar-refractivity contribution >= 4 is 11.8 Å². The molecule has 110 valence electrons. The number of aliphatic hydroxyl groups excluding tert-OH is 1. The van der Waals surface area contributed by atoms with Crippen LogP contribution in [-0.4, -0.2) is 15.4 Å². The highest BCUT2D eigenvalue weighted by Crippen LogP contribution is 2.40. The highest BCUT2D eigenvalue weighted by molar-refractivity contribution is 7.99. The Morgan fingerprint density at radius 3 is 3.00 bits per heavy atom. The van der Waals surface area contributed by atoms with Gasteiger partial charge in [0.2, 0.25) is 0 Å². The fourth-order valence-corrected chi connectivity index (χ4v) is 4.87. The van der Waals surface area contributed by atoms with Crippen LogP contribution in [0.1, 0.15) is 48.0 Å². The highest BCUT2D eigenvalue weighted by Gasteiger charge is 2.24. The fraction of sp³-hybridized carbons (Fsp3) is 0.444. The van der Waals surface area contributed by atoms with E-state index in [4.69, 9.17) is 0 Å². The highest BCUT2D eigenvalue weighted by atomic mass is 32.2. The normalized spacial score (nSPS) is 24.4. The van der Waals surface area contributed by atoms with E-state index < -0.39 is 0 Å². The summed E-state index contributed by atoms with van der Waals surface area (Å²) < 4.78 is 2.31. The van der Waals surface area contributed by atoms with Crippen molar-refractivity contribution < 1.29 is 5.11 Å². The zero-order valence-corrected chi connectivity index (χ0v) is 13.0. The predicted octanol–water partition coefficient (Wildman–Crippen LogP) is 4.14. The Balaban J connectivity index is 1.58. The molecule has 2 nitrogen and oxygen atoms in total. The molecule has 1 N–H and O–H groups in total. The molecule has 0 amide bonds. The summed E-state index contributed by atoms with van der Waals surface area (Å²) in [6, 6.07) is 8.77. The monoisotopic (exact) mass is 299 g/mol. The smallest absolute Gasteiger partial charge is 0.0807 e. The number of hydrogen-bond donors (Lipinski definition) is 1. The van der Waals surface area contributed by atoms with Crippen LogP contribution in [0.5, 0.6) is 0 Å². The molecule has 2 unspecified atom stereocenters. The number of benzene rings is 1. The van der Waals surface area contributed by atoms with E-state index in [1.165, 1.54) is 33.8 Å². The topological polar surface area (TPSA) is 25.2 Å². The van der Waals surface area contributed by atoms with Crippen LogP contribution in [0.2, 0.25) is 0 Å². The molecular formula is C18H21NOS. The second-order valence-electron chi connectivity index (χ2n) is 6.24. The Labute approximate surface area is 130 Å². The molecule has 21 heavy (non-hydrogen) atoms. The van der Waals surface area contributed by atoms with Gasteiger partial charge in [-0.05, 0) is 36.5 Å². The molecule has 0 fully saturated rings. The van der Waals surface area contributed by atoms with E-state index in [1.54, 1.807) is 0 Å². The van der Waals surface area contributed by atoms with Crippen molar-refractivity contribution in [2.24, 2.45) is 0 Å². The van der Waals surface area contributed by atoms with Gasteiger partial charge >= 0.3 is 0 Å². The Morgan fingerprint density at radius 1 is 1.14 bits per heavy atom. The number of nitrogens with zero attached hydrogens (tertiary/aromatic N) is 1. The maximum absolute atomic E-state index is 10.3. The number of thioether (sulfide) groups is 1. The Hall–Kier alpha value is -1.19. The third kappa shape index (κ3) is 2.53. The van der Waals surface area contributed by atoms with Gasteiger partial charge < -0.3 is 9.67 Å². The fourth-order valence-electron chi connectivity index (χ4n) is 3.63. The van der Waals surface area contributed by atoms with Crippen molar-refractivity contribution in [2.45, 2.75) is 49.1 Å². The standard InChI is InChI=1S/C18H21NOS/c20-17-7-3-1-5-13-9-19(11-16(13)17)10-14-12-21-18-8-4-2-6-15(14)18/h2,4,6,8-9,11,14,17,20H,1,3,5,7,10,12H2. The van der Waals surface area contributed by atoms with Gasteiger partial charge in [0, 0.05) is 41.1 Å². The third-order valence-electron chi connectivity index (χ3n) is 4.76. The molecule has 3 heteroatoms. The van der Waals surface area contributed by atoms with Crippen LogP contribution < -0.4 is 0 Å². The zero-order valence-electron chi connectivity index (χ0n) is 12.2. The van der Waals surface area contributed by atoms with E-state index in [0.717, 1.165) is 25.8 Å². The van der Waals surface area contributed by atoms with Crippen LogP contribution in [0.15, 0.2) is 41.6 Å². The number of aryl methyl sites for hydroxylation is 1. The largest absolute Gasteiger partial charge is 0.388 e.